The highest BCUT2D eigenvalue weighted by molar-refractivity contribution is 5.66. The van der Waals surface area contributed by atoms with Gasteiger partial charge in [0.05, 0.1) is 12.3 Å². The summed E-state index contributed by atoms with van der Waals surface area (Å²) in [7, 11) is 0. The van der Waals surface area contributed by atoms with Crippen molar-refractivity contribution in [2.45, 2.75) is 26.2 Å². The largest absolute Gasteiger partial charge is 0.492 e. The van der Waals surface area contributed by atoms with Crippen LogP contribution in [0.2, 0.25) is 0 Å². The number of carboxylic acids is 1. The molecular weight excluding hydrogens is 244 g/mol. The molecule has 4 N–H and O–H groups in total. The number of nitrogens with two attached hydrogens (primary N) is 1. The van der Waals surface area contributed by atoms with E-state index in [-0.39, 0.29) is 6.42 Å². The van der Waals surface area contributed by atoms with Gasteiger partial charge in [-0.3, -0.25) is 4.79 Å². The van der Waals surface area contributed by atoms with Gasteiger partial charge in [0.25, 0.3) is 0 Å². The van der Waals surface area contributed by atoms with Crippen molar-refractivity contribution in [3.05, 3.63) is 23.8 Å². The maximum Gasteiger partial charge on any atom is 0.303 e. The molecule has 0 spiro atoms. The minimum Gasteiger partial charge on any atom is -0.492 e. The summed E-state index contributed by atoms with van der Waals surface area (Å²) in [4.78, 5) is 10.3. The summed E-state index contributed by atoms with van der Waals surface area (Å²) in [5.41, 5.74) is 7.68. The summed E-state index contributed by atoms with van der Waals surface area (Å²) in [5, 5.41) is 11.7. The highest BCUT2D eigenvalue weighted by atomic mass is 16.5. The van der Waals surface area contributed by atoms with Crippen LogP contribution in [0.25, 0.3) is 0 Å². The summed E-state index contributed by atoms with van der Waals surface area (Å²) >= 11 is 0. The highest BCUT2D eigenvalue weighted by Crippen LogP contribution is 2.22. The SMILES string of the molecule is CCOc1ccc(CCNCCCC(=O)O)cc1N. The average molecular weight is 266 g/mol. The Morgan fingerprint density at radius 1 is 1.42 bits per heavy atom. The van der Waals surface area contributed by atoms with E-state index >= 15 is 0 Å². The van der Waals surface area contributed by atoms with Gasteiger partial charge in [-0.2, -0.15) is 0 Å². The first-order chi connectivity index (χ1) is 9.13. The van der Waals surface area contributed by atoms with Crippen molar-refractivity contribution in [3.63, 3.8) is 0 Å². The van der Waals surface area contributed by atoms with E-state index in [9.17, 15) is 4.79 Å². The lowest BCUT2D eigenvalue weighted by Gasteiger charge is -2.09. The predicted molar refractivity (Wildman–Crippen MR) is 75.5 cm³/mol. The highest BCUT2D eigenvalue weighted by Gasteiger charge is 2.01. The number of benzene rings is 1. The Hall–Kier alpha value is -1.75. The van der Waals surface area contributed by atoms with Crippen LogP contribution in [0.4, 0.5) is 5.69 Å². The standard InChI is InChI=1S/C14H22N2O3/c1-2-19-13-6-5-11(10-12(13)15)7-9-16-8-3-4-14(17)18/h5-6,10,16H,2-4,7-9,15H2,1H3,(H,17,18). The van der Waals surface area contributed by atoms with Gasteiger partial charge in [0.2, 0.25) is 0 Å². The van der Waals surface area contributed by atoms with Gasteiger partial charge in [-0.05, 0) is 50.6 Å². The lowest BCUT2D eigenvalue weighted by atomic mass is 10.1. The minimum atomic E-state index is -0.749. The molecule has 0 aliphatic carbocycles. The molecule has 1 aromatic carbocycles. The zero-order valence-electron chi connectivity index (χ0n) is 11.3. The zero-order valence-corrected chi connectivity index (χ0v) is 11.3. The lowest BCUT2D eigenvalue weighted by Crippen LogP contribution is -2.19. The number of carboxylic acid groups (broad SMARTS) is 1. The van der Waals surface area contributed by atoms with E-state index in [0.717, 1.165) is 30.8 Å². The average Bonchev–Trinajstić information content (AvgIpc) is 2.36. The molecule has 0 aromatic heterocycles. The Balaban J connectivity index is 2.26. The minimum absolute atomic E-state index is 0.211. The summed E-state index contributed by atoms with van der Waals surface area (Å²) in [6, 6.07) is 5.81. The molecule has 5 heteroatoms. The quantitative estimate of drug-likeness (QED) is 0.467. The Morgan fingerprint density at radius 3 is 2.84 bits per heavy atom. The van der Waals surface area contributed by atoms with Crippen LogP contribution in [0.15, 0.2) is 18.2 Å². The Morgan fingerprint density at radius 2 is 2.21 bits per heavy atom. The molecule has 19 heavy (non-hydrogen) atoms. The smallest absolute Gasteiger partial charge is 0.303 e. The van der Waals surface area contributed by atoms with E-state index in [1.54, 1.807) is 0 Å². The molecule has 0 aliphatic rings. The molecule has 0 saturated heterocycles. The Labute approximate surface area is 113 Å². The van der Waals surface area contributed by atoms with Crippen molar-refractivity contribution in [1.82, 2.24) is 5.32 Å². The van der Waals surface area contributed by atoms with Crippen LogP contribution in [0.3, 0.4) is 0 Å². The Bertz CT molecular complexity index is 408. The van der Waals surface area contributed by atoms with Gasteiger partial charge < -0.3 is 20.9 Å². The molecule has 0 unspecified atom stereocenters. The molecule has 5 nitrogen and oxygen atoms in total. The van der Waals surface area contributed by atoms with Gasteiger partial charge in [-0.25, -0.2) is 0 Å². The molecule has 106 valence electrons. The van der Waals surface area contributed by atoms with Crippen molar-refractivity contribution >= 4 is 11.7 Å². The van der Waals surface area contributed by atoms with Gasteiger partial charge in [0.1, 0.15) is 5.75 Å². The maximum atomic E-state index is 10.3. The molecule has 0 amide bonds. The number of hydrogen-bond acceptors (Lipinski definition) is 4. The first-order valence-corrected chi connectivity index (χ1v) is 6.57. The molecule has 0 fully saturated rings. The monoisotopic (exact) mass is 266 g/mol. The Kier molecular flexibility index (Phi) is 6.74. The second kappa shape index (κ2) is 8.37. The van der Waals surface area contributed by atoms with Crippen LogP contribution in [0, 0.1) is 0 Å². The molecule has 0 aliphatic heterocycles. The normalized spacial score (nSPS) is 10.4. The van der Waals surface area contributed by atoms with Crippen LogP contribution in [-0.4, -0.2) is 30.8 Å². The van der Waals surface area contributed by atoms with E-state index in [1.807, 2.05) is 25.1 Å². The van der Waals surface area contributed by atoms with Crippen molar-refractivity contribution in [3.8, 4) is 5.75 Å². The number of anilines is 1. The van der Waals surface area contributed by atoms with Crippen LogP contribution >= 0.6 is 0 Å². The van der Waals surface area contributed by atoms with Crippen LogP contribution < -0.4 is 15.8 Å². The molecular formula is C14H22N2O3. The maximum absolute atomic E-state index is 10.3. The third kappa shape index (κ3) is 6.10. The van der Waals surface area contributed by atoms with Gasteiger partial charge in [0.15, 0.2) is 0 Å². The molecule has 1 rings (SSSR count). The van der Waals surface area contributed by atoms with Crippen LogP contribution in [0.5, 0.6) is 5.75 Å². The third-order valence-corrected chi connectivity index (χ3v) is 2.71. The van der Waals surface area contributed by atoms with Gasteiger partial charge in [-0.1, -0.05) is 6.07 Å². The van der Waals surface area contributed by atoms with E-state index in [0.29, 0.717) is 18.7 Å². The summed E-state index contributed by atoms with van der Waals surface area (Å²) < 4.78 is 5.38. The number of nitrogens with one attached hydrogen (secondary N) is 1. The topological polar surface area (TPSA) is 84.6 Å². The van der Waals surface area contributed by atoms with E-state index in [1.165, 1.54) is 0 Å². The van der Waals surface area contributed by atoms with Crippen molar-refractivity contribution in [2.24, 2.45) is 0 Å². The summed E-state index contributed by atoms with van der Waals surface area (Å²) in [5.74, 6) is -0.0262. The predicted octanol–water partition coefficient (Wildman–Crippen LogP) is 1.66. The number of carbonyl (C=O) groups is 1. The molecule has 0 heterocycles. The first kappa shape index (κ1) is 15.3. The molecule has 0 atom stereocenters. The molecule has 0 saturated carbocycles. The summed E-state index contributed by atoms with van der Waals surface area (Å²) in [6.45, 7) is 4.06. The van der Waals surface area contributed by atoms with E-state index in [4.69, 9.17) is 15.6 Å². The van der Waals surface area contributed by atoms with E-state index < -0.39 is 5.97 Å². The molecule has 0 radical (unpaired) electrons. The van der Waals surface area contributed by atoms with Gasteiger partial charge in [-0.15, -0.1) is 0 Å². The second-order valence-corrected chi connectivity index (χ2v) is 4.30. The number of aliphatic carboxylic acids is 1. The fourth-order valence-corrected chi connectivity index (χ4v) is 1.76. The second-order valence-electron chi connectivity index (χ2n) is 4.30. The van der Waals surface area contributed by atoms with Crippen molar-refractivity contribution < 1.29 is 14.6 Å². The fraction of sp³-hybridized carbons (Fsp3) is 0.500. The fourth-order valence-electron chi connectivity index (χ4n) is 1.76. The van der Waals surface area contributed by atoms with Crippen molar-refractivity contribution in [1.29, 1.82) is 0 Å². The third-order valence-electron chi connectivity index (χ3n) is 2.71. The first-order valence-electron chi connectivity index (χ1n) is 6.57. The van der Waals surface area contributed by atoms with E-state index in [2.05, 4.69) is 5.32 Å². The molecule has 1 aromatic rings. The van der Waals surface area contributed by atoms with Gasteiger partial charge >= 0.3 is 5.97 Å². The van der Waals surface area contributed by atoms with Crippen LogP contribution in [0.1, 0.15) is 25.3 Å². The van der Waals surface area contributed by atoms with Crippen molar-refractivity contribution in [2.75, 3.05) is 25.4 Å². The zero-order chi connectivity index (χ0) is 14.1. The summed E-state index contributed by atoms with van der Waals surface area (Å²) in [6.07, 6.45) is 1.73. The number of rotatable bonds is 9. The van der Waals surface area contributed by atoms with Gasteiger partial charge in [0, 0.05) is 6.42 Å². The number of hydrogen-bond donors (Lipinski definition) is 3. The number of nitrogen functional groups attached to an aromatic ring is 1. The van der Waals surface area contributed by atoms with Crippen LogP contribution in [-0.2, 0) is 11.2 Å². The number of ether oxygens (including phenoxy) is 1. The lowest BCUT2D eigenvalue weighted by molar-refractivity contribution is -0.137. The molecule has 0 bridgehead atoms.